The third-order valence-electron chi connectivity index (χ3n) is 4.39. The number of unbranched alkanes of at least 4 members (excludes halogenated alkanes) is 1. The van der Waals surface area contributed by atoms with Crippen LogP contribution in [0.4, 0.5) is 0 Å². The first-order valence-electron chi connectivity index (χ1n) is 8.95. The average molecular weight is 414 g/mol. The highest BCUT2D eigenvalue weighted by Gasteiger charge is 2.15. The molecule has 0 aliphatic carbocycles. The van der Waals surface area contributed by atoms with Crippen molar-refractivity contribution < 1.29 is 4.79 Å². The van der Waals surface area contributed by atoms with Crippen LogP contribution in [0.15, 0.2) is 52.7 Å². The SMILES string of the molecule is O=C(Cn1cnc2scc(-c3cccs3)c2c1=O)NCCCCn1ccnc1. The highest BCUT2D eigenvalue weighted by Crippen LogP contribution is 2.33. The molecule has 4 rings (SSSR count). The molecule has 0 saturated heterocycles. The molecule has 0 fully saturated rings. The van der Waals surface area contributed by atoms with Gasteiger partial charge in [0.25, 0.3) is 5.56 Å². The van der Waals surface area contributed by atoms with Crippen molar-refractivity contribution >= 4 is 38.8 Å². The van der Waals surface area contributed by atoms with Crippen LogP contribution in [0.25, 0.3) is 20.7 Å². The molecule has 0 aliphatic rings. The maximum atomic E-state index is 12.9. The number of nitrogens with zero attached hydrogens (tertiary/aromatic N) is 4. The molecule has 0 saturated carbocycles. The Hall–Kier alpha value is -2.78. The molecule has 0 atom stereocenters. The van der Waals surface area contributed by atoms with Gasteiger partial charge in [0.15, 0.2) is 0 Å². The smallest absolute Gasteiger partial charge is 0.263 e. The minimum atomic E-state index is -0.182. The van der Waals surface area contributed by atoms with Gasteiger partial charge in [0.2, 0.25) is 5.91 Å². The second-order valence-electron chi connectivity index (χ2n) is 6.34. The van der Waals surface area contributed by atoms with Crippen LogP contribution in [0.1, 0.15) is 12.8 Å². The summed E-state index contributed by atoms with van der Waals surface area (Å²) in [4.78, 5) is 35.2. The van der Waals surface area contributed by atoms with Crippen LogP contribution in [-0.4, -0.2) is 31.6 Å². The third-order valence-corrected chi connectivity index (χ3v) is 6.18. The van der Waals surface area contributed by atoms with Gasteiger partial charge in [-0.25, -0.2) is 9.97 Å². The predicted octanol–water partition coefficient (Wildman–Crippen LogP) is 2.98. The molecule has 0 radical (unpaired) electrons. The summed E-state index contributed by atoms with van der Waals surface area (Å²) in [6.45, 7) is 1.43. The molecular weight excluding hydrogens is 394 g/mol. The Bertz CT molecular complexity index is 1110. The number of aryl methyl sites for hydroxylation is 1. The van der Waals surface area contributed by atoms with E-state index in [-0.39, 0.29) is 18.0 Å². The summed E-state index contributed by atoms with van der Waals surface area (Å²) >= 11 is 3.03. The van der Waals surface area contributed by atoms with Crippen LogP contribution in [0.3, 0.4) is 0 Å². The van der Waals surface area contributed by atoms with Gasteiger partial charge in [0.1, 0.15) is 11.4 Å². The predicted molar refractivity (Wildman–Crippen MR) is 112 cm³/mol. The van der Waals surface area contributed by atoms with E-state index in [1.54, 1.807) is 23.9 Å². The van der Waals surface area contributed by atoms with Crippen molar-refractivity contribution in [2.45, 2.75) is 25.9 Å². The molecule has 144 valence electrons. The number of imidazole rings is 1. The molecule has 0 bridgehead atoms. The summed E-state index contributed by atoms with van der Waals surface area (Å²) in [5.41, 5.74) is 0.715. The number of carbonyl (C=O) groups excluding carboxylic acids is 1. The lowest BCUT2D eigenvalue weighted by molar-refractivity contribution is -0.121. The van der Waals surface area contributed by atoms with Crippen LogP contribution in [0.2, 0.25) is 0 Å². The van der Waals surface area contributed by atoms with E-state index in [1.807, 2.05) is 33.7 Å². The summed E-state index contributed by atoms with van der Waals surface area (Å²) in [5, 5.41) is 7.40. The van der Waals surface area contributed by atoms with Crippen molar-refractivity contribution in [2.75, 3.05) is 6.54 Å². The van der Waals surface area contributed by atoms with Crippen LogP contribution >= 0.6 is 22.7 Å². The molecule has 7 nitrogen and oxygen atoms in total. The topological polar surface area (TPSA) is 81.8 Å². The van der Waals surface area contributed by atoms with Crippen LogP contribution < -0.4 is 10.9 Å². The quantitative estimate of drug-likeness (QED) is 0.450. The number of carbonyl (C=O) groups is 1. The maximum Gasteiger partial charge on any atom is 0.263 e. The second kappa shape index (κ2) is 8.49. The van der Waals surface area contributed by atoms with E-state index in [0.717, 1.165) is 29.8 Å². The molecular formula is C19H19N5O2S2. The van der Waals surface area contributed by atoms with Gasteiger partial charge < -0.3 is 9.88 Å². The van der Waals surface area contributed by atoms with Crippen molar-refractivity contribution in [2.24, 2.45) is 0 Å². The molecule has 4 heterocycles. The first-order chi connectivity index (χ1) is 13.7. The Balaban J connectivity index is 1.37. The molecule has 1 N–H and O–H groups in total. The number of aromatic nitrogens is 4. The lowest BCUT2D eigenvalue weighted by Crippen LogP contribution is -2.33. The number of fused-ring (bicyclic) bond motifs is 1. The van der Waals surface area contributed by atoms with E-state index in [9.17, 15) is 9.59 Å². The summed E-state index contributed by atoms with van der Waals surface area (Å²) in [5.74, 6) is -0.182. The van der Waals surface area contributed by atoms with E-state index in [4.69, 9.17) is 0 Å². The van der Waals surface area contributed by atoms with Crippen molar-refractivity contribution in [1.82, 2.24) is 24.4 Å². The Labute approximate surface area is 169 Å². The Morgan fingerprint density at radius 3 is 2.93 bits per heavy atom. The largest absolute Gasteiger partial charge is 0.355 e. The van der Waals surface area contributed by atoms with E-state index in [0.29, 0.717) is 16.8 Å². The zero-order chi connectivity index (χ0) is 19.3. The zero-order valence-corrected chi connectivity index (χ0v) is 16.7. The standard InChI is InChI=1S/C19H19N5O2S2/c25-16(21-5-1-2-7-23-8-6-20-12-23)10-24-13-22-18-17(19(24)26)14(11-28-18)15-4-3-9-27-15/h3-4,6,8-9,11-13H,1-2,5,7,10H2,(H,21,25). The van der Waals surface area contributed by atoms with Gasteiger partial charge in [-0.3, -0.25) is 14.2 Å². The van der Waals surface area contributed by atoms with Gasteiger partial charge >= 0.3 is 0 Å². The first kappa shape index (κ1) is 18.6. The summed E-state index contributed by atoms with van der Waals surface area (Å²) < 4.78 is 3.39. The van der Waals surface area contributed by atoms with Gasteiger partial charge in [0, 0.05) is 41.3 Å². The Kier molecular flexibility index (Phi) is 5.63. The summed E-state index contributed by atoms with van der Waals surface area (Å²) in [7, 11) is 0. The van der Waals surface area contributed by atoms with Crippen molar-refractivity contribution in [1.29, 1.82) is 0 Å². The molecule has 0 unspecified atom stereocenters. The van der Waals surface area contributed by atoms with Gasteiger partial charge in [-0.1, -0.05) is 6.07 Å². The van der Waals surface area contributed by atoms with Crippen molar-refractivity contribution in [3.8, 4) is 10.4 Å². The number of amides is 1. The van der Waals surface area contributed by atoms with Crippen LogP contribution in [-0.2, 0) is 17.9 Å². The van der Waals surface area contributed by atoms with Gasteiger partial charge in [0.05, 0.1) is 18.0 Å². The number of hydrogen-bond donors (Lipinski definition) is 1. The minimum absolute atomic E-state index is 0.0248. The molecule has 0 aromatic carbocycles. The summed E-state index contributed by atoms with van der Waals surface area (Å²) in [6, 6.07) is 3.94. The van der Waals surface area contributed by atoms with Gasteiger partial charge in [-0.05, 0) is 24.3 Å². The highest BCUT2D eigenvalue weighted by molar-refractivity contribution is 7.18. The molecule has 0 aliphatic heterocycles. The fourth-order valence-corrected chi connectivity index (χ4v) is 4.69. The molecule has 0 spiro atoms. The average Bonchev–Trinajstić information content (AvgIpc) is 3.45. The lowest BCUT2D eigenvalue weighted by Gasteiger charge is -2.08. The van der Waals surface area contributed by atoms with E-state index >= 15 is 0 Å². The second-order valence-corrected chi connectivity index (χ2v) is 8.15. The van der Waals surface area contributed by atoms with Gasteiger partial charge in [-0.2, -0.15) is 0 Å². The van der Waals surface area contributed by atoms with E-state index in [1.165, 1.54) is 22.2 Å². The monoisotopic (exact) mass is 413 g/mol. The normalized spacial score (nSPS) is 11.1. The Morgan fingerprint density at radius 1 is 1.21 bits per heavy atom. The molecule has 9 heteroatoms. The third kappa shape index (κ3) is 4.05. The molecule has 4 aromatic rings. The number of rotatable bonds is 8. The van der Waals surface area contributed by atoms with E-state index in [2.05, 4.69) is 15.3 Å². The molecule has 1 amide bonds. The van der Waals surface area contributed by atoms with Crippen molar-refractivity contribution in [3.05, 3.63) is 58.3 Å². The van der Waals surface area contributed by atoms with Crippen molar-refractivity contribution in [3.63, 3.8) is 0 Å². The van der Waals surface area contributed by atoms with E-state index < -0.39 is 0 Å². The van der Waals surface area contributed by atoms with Gasteiger partial charge in [-0.15, -0.1) is 22.7 Å². The van der Waals surface area contributed by atoms with Crippen LogP contribution in [0.5, 0.6) is 0 Å². The highest BCUT2D eigenvalue weighted by atomic mass is 32.1. The fourth-order valence-electron chi connectivity index (χ4n) is 2.97. The Morgan fingerprint density at radius 2 is 2.14 bits per heavy atom. The maximum absolute atomic E-state index is 12.9. The summed E-state index contributed by atoms with van der Waals surface area (Å²) in [6.07, 6.45) is 8.72. The molecule has 28 heavy (non-hydrogen) atoms. The zero-order valence-electron chi connectivity index (χ0n) is 15.1. The molecule has 4 aromatic heterocycles. The first-order valence-corrected chi connectivity index (χ1v) is 10.7. The number of hydrogen-bond acceptors (Lipinski definition) is 6. The number of nitrogens with one attached hydrogen (secondary N) is 1. The van der Waals surface area contributed by atoms with Crippen LogP contribution in [0, 0.1) is 0 Å². The lowest BCUT2D eigenvalue weighted by atomic mass is 10.2. The number of thiophene rings is 2. The minimum Gasteiger partial charge on any atom is -0.355 e. The fraction of sp³-hybridized carbons (Fsp3) is 0.263.